The first-order valence-corrected chi connectivity index (χ1v) is 11.5. The first-order valence-electron chi connectivity index (χ1n) is 10.7. The third-order valence-electron chi connectivity index (χ3n) is 5.82. The average molecular weight is 458 g/mol. The fourth-order valence-electron chi connectivity index (χ4n) is 4.75. The Morgan fingerprint density at radius 3 is 2.47 bits per heavy atom. The van der Waals surface area contributed by atoms with E-state index in [2.05, 4.69) is 60.1 Å². The second-order valence-electron chi connectivity index (χ2n) is 9.80. The van der Waals surface area contributed by atoms with E-state index in [0.717, 1.165) is 18.0 Å². The van der Waals surface area contributed by atoms with Gasteiger partial charge in [0.15, 0.2) is 5.01 Å². The fourth-order valence-corrected chi connectivity index (χ4v) is 5.68. The SMILES string of the molecule is COc1cc(-c2ncc(C)o2)cc(O)c1-c1nnc(N(C)C2CC(C)(C)NC(C)(C)C2)s1. The van der Waals surface area contributed by atoms with Crippen molar-refractivity contribution in [2.45, 2.75) is 64.6 Å². The summed E-state index contributed by atoms with van der Waals surface area (Å²) in [6.45, 7) is 10.8. The van der Waals surface area contributed by atoms with Gasteiger partial charge >= 0.3 is 0 Å². The summed E-state index contributed by atoms with van der Waals surface area (Å²) in [6.07, 6.45) is 3.64. The van der Waals surface area contributed by atoms with Gasteiger partial charge in [0.05, 0.1) is 18.9 Å². The van der Waals surface area contributed by atoms with Crippen molar-refractivity contribution in [2.75, 3.05) is 19.1 Å². The number of oxazole rings is 1. The smallest absolute Gasteiger partial charge is 0.226 e. The number of methoxy groups -OCH3 is 1. The summed E-state index contributed by atoms with van der Waals surface area (Å²) < 4.78 is 11.2. The average Bonchev–Trinajstić information content (AvgIpc) is 3.33. The second kappa shape index (κ2) is 8.04. The molecule has 8 nitrogen and oxygen atoms in total. The molecule has 32 heavy (non-hydrogen) atoms. The van der Waals surface area contributed by atoms with E-state index in [1.165, 1.54) is 11.3 Å². The molecule has 0 atom stereocenters. The molecule has 3 heterocycles. The number of benzene rings is 1. The Morgan fingerprint density at radius 2 is 1.88 bits per heavy atom. The zero-order chi connectivity index (χ0) is 23.3. The zero-order valence-electron chi connectivity index (χ0n) is 19.7. The molecule has 0 amide bonds. The van der Waals surface area contributed by atoms with Crippen LogP contribution in [0.3, 0.4) is 0 Å². The van der Waals surface area contributed by atoms with Gasteiger partial charge in [0.25, 0.3) is 0 Å². The van der Waals surface area contributed by atoms with Crippen molar-refractivity contribution in [3.63, 3.8) is 0 Å². The molecule has 0 aliphatic carbocycles. The van der Waals surface area contributed by atoms with Crippen LogP contribution in [0.4, 0.5) is 5.13 Å². The van der Waals surface area contributed by atoms with E-state index >= 15 is 0 Å². The van der Waals surface area contributed by atoms with Crippen LogP contribution in [0.1, 0.15) is 46.3 Å². The van der Waals surface area contributed by atoms with Crippen LogP contribution in [-0.4, -0.2) is 51.6 Å². The molecule has 1 saturated heterocycles. The maximum Gasteiger partial charge on any atom is 0.226 e. The number of aromatic nitrogens is 3. The highest BCUT2D eigenvalue weighted by atomic mass is 32.1. The number of hydrogen-bond acceptors (Lipinski definition) is 9. The molecule has 3 aromatic rings. The molecule has 1 aromatic carbocycles. The van der Waals surface area contributed by atoms with Crippen LogP contribution >= 0.6 is 11.3 Å². The van der Waals surface area contributed by atoms with Gasteiger partial charge in [-0.1, -0.05) is 11.3 Å². The lowest BCUT2D eigenvalue weighted by molar-refractivity contribution is 0.161. The van der Waals surface area contributed by atoms with Crippen LogP contribution in [0.5, 0.6) is 11.5 Å². The number of phenolic OH excluding ortho intramolecular Hbond substituents is 1. The molecule has 9 heteroatoms. The summed E-state index contributed by atoms with van der Waals surface area (Å²) in [6, 6.07) is 3.74. The van der Waals surface area contributed by atoms with Gasteiger partial charge in [-0.25, -0.2) is 4.98 Å². The maximum absolute atomic E-state index is 10.8. The van der Waals surface area contributed by atoms with Crippen molar-refractivity contribution in [1.82, 2.24) is 20.5 Å². The molecular formula is C23H31N5O3S. The number of aryl methyl sites for hydroxylation is 1. The van der Waals surface area contributed by atoms with Gasteiger partial charge in [0.1, 0.15) is 17.3 Å². The highest BCUT2D eigenvalue weighted by Crippen LogP contribution is 2.44. The van der Waals surface area contributed by atoms with E-state index in [9.17, 15) is 5.11 Å². The summed E-state index contributed by atoms with van der Waals surface area (Å²) >= 11 is 1.44. The Kier molecular flexibility index (Phi) is 5.67. The van der Waals surface area contributed by atoms with Crippen LogP contribution < -0.4 is 15.0 Å². The molecule has 1 fully saturated rings. The van der Waals surface area contributed by atoms with Crippen molar-refractivity contribution < 1.29 is 14.3 Å². The molecule has 2 aromatic heterocycles. The van der Waals surface area contributed by atoms with Crippen molar-refractivity contribution in [2.24, 2.45) is 0 Å². The second-order valence-corrected chi connectivity index (χ2v) is 10.8. The monoisotopic (exact) mass is 457 g/mol. The lowest BCUT2D eigenvalue weighted by atomic mass is 9.79. The number of nitrogens with zero attached hydrogens (tertiary/aromatic N) is 4. The number of anilines is 1. The van der Waals surface area contributed by atoms with Gasteiger partial charge in [-0.15, -0.1) is 10.2 Å². The quantitative estimate of drug-likeness (QED) is 0.573. The van der Waals surface area contributed by atoms with Gasteiger partial charge < -0.3 is 24.5 Å². The number of nitrogens with one attached hydrogen (secondary N) is 1. The molecule has 172 valence electrons. The zero-order valence-corrected chi connectivity index (χ0v) is 20.5. The number of ether oxygens (including phenoxy) is 1. The van der Waals surface area contributed by atoms with Crippen molar-refractivity contribution in [1.29, 1.82) is 0 Å². The third-order valence-corrected chi connectivity index (χ3v) is 6.85. The number of aromatic hydroxyl groups is 1. The standard InChI is InChI=1S/C23H31N5O3S/c1-13-12-24-19(31-13)14-8-16(29)18(17(9-14)30-7)20-25-26-21(32-20)28(6)15-10-22(2,3)27-23(4,5)11-15/h8-9,12,15,27,29H,10-11H2,1-7H3. The molecule has 1 aliphatic rings. The highest BCUT2D eigenvalue weighted by Gasteiger charge is 2.40. The lowest BCUT2D eigenvalue weighted by Gasteiger charge is -2.48. The highest BCUT2D eigenvalue weighted by molar-refractivity contribution is 7.18. The van der Waals surface area contributed by atoms with Crippen LogP contribution in [0.2, 0.25) is 0 Å². The van der Waals surface area contributed by atoms with E-state index in [1.807, 2.05) is 6.92 Å². The molecule has 4 rings (SSSR count). The Morgan fingerprint density at radius 1 is 1.19 bits per heavy atom. The largest absolute Gasteiger partial charge is 0.507 e. The van der Waals surface area contributed by atoms with E-state index in [-0.39, 0.29) is 16.8 Å². The van der Waals surface area contributed by atoms with Gasteiger partial charge in [0, 0.05) is 29.7 Å². The number of phenols is 1. The molecule has 0 unspecified atom stereocenters. The number of hydrogen-bond donors (Lipinski definition) is 2. The molecule has 0 saturated carbocycles. The predicted octanol–water partition coefficient (Wildman–Crippen LogP) is 4.63. The van der Waals surface area contributed by atoms with E-state index in [0.29, 0.717) is 39.6 Å². The first-order chi connectivity index (χ1) is 15.0. The van der Waals surface area contributed by atoms with Gasteiger partial charge in [-0.3, -0.25) is 0 Å². The van der Waals surface area contributed by atoms with Crippen molar-refractivity contribution in [3.8, 4) is 33.5 Å². The van der Waals surface area contributed by atoms with Crippen molar-refractivity contribution in [3.05, 3.63) is 24.1 Å². The van der Waals surface area contributed by atoms with Crippen LogP contribution in [0.25, 0.3) is 22.0 Å². The first kappa shape index (κ1) is 22.5. The topological polar surface area (TPSA) is 96.5 Å². The molecule has 2 N–H and O–H groups in total. The number of rotatable bonds is 5. The minimum Gasteiger partial charge on any atom is -0.507 e. The summed E-state index contributed by atoms with van der Waals surface area (Å²) in [7, 11) is 3.63. The van der Waals surface area contributed by atoms with Gasteiger partial charge in [-0.05, 0) is 59.6 Å². The molecule has 0 bridgehead atoms. The van der Waals surface area contributed by atoms with Crippen LogP contribution in [-0.2, 0) is 0 Å². The molecule has 0 spiro atoms. The molecule has 1 aliphatic heterocycles. The van der Waals surface area contributed by atoms with Crippen molar-refractivity contribution >= 4 is 16.5 Å². The Hall–Kier alpha value is -2.65. The maximum atomic E-state index is 10.8. The summed E-state index contributed by atoms with van der Waals surface area (Å²) in [5, 5.41) is 24.8. The Labute approximate surface area is 192 Å². The summed E-state index contributed by atoms with van der Waals surface area (Å²) in [4.78, 5) is 6.44. The lowest BCUT2D eigenvalue weighted by Crippen LogP contribution is -2.61. The van der Waals surface area contributed by atoms with E-state index in [4.69, 9.17) is 9.15 Å². The third kappa shape index (κ3) is 4.45. The molecule has 0 radical (unpaired) electrons. The predicted molar refractivity (Wildman–Crippen MR) is 127 cm³/mol. The van der Waals surface area contributed by atoms with Crippen LogP contribution in [0.15, 0.2) is 22.7 Å². The normalized spacial score (nSPS) is 18.0. The molecular weight excluding hydrogens is 426 g/mol. The van der Waals surface area contributed by atoms with Gasteiger partial charge in [-0.2, -0.15) is 0 Å². The minimum absolute atomic E-state index is 0.0315. The summed E-state index contributed by atoms with van der Waals surface area (Å²) in [5.74, 6) is 1.66. The Bertz CT molecular complexity index is 1100. The Balaban J connectivity index is 1.64. The van der Waals surface area contributed by atoms with Crippen LogP contribution in [0, 0.1) is 6.92 Å². The number of piperidine rings is 1. The minimum atomic E-state index is 0.0315. The summed E-state index contributed by atoms with van der Waals surface area (Å²) in [5.41, 5.74) is 1.22. The fraction of sp³-hybridized carbons (Fsp3) is 0.522. The van der Waals surface area contributed by atoms with E-state index in [1.54, 1.807) is 25.4 Å². The van der Waals surface area contributed by atoms with Gasteiger partial charge in [0.2, 0.25) is 11.0 Å². The van der Waals surface area contributed by atoms with E-state index < -0.39 is 0 Å².